The first-order valence-electron chi connectivity index (χ1n) is 8.40. The Balaban J connectivity index is 1.54. The first kappa shape index (κ1) is 15.5. The van der Waals surface area contributed by atoms with Gasteiger partial charge in [0.25, 0.3) is 5.56 Å². The van der Waals surface area contributed by atoms with Gasteiger partial charge in [-0.3, -0.25) is 4.79 Å². The van der Waals surface area contributed by atoms with Crippen LogP contribution in [0.5, 0.6) is 0 Å². The topological polar surface area (TPSA) is 80.0 Å². The number of aryl methyl sites for hydroxylation is 1. The lowest BCUT2D eigenvalue weighted by Gasteiger charge is -2.36. The monoisotopic (exact) mass is 337 g/mol. The van der Waals surface area contributed by atoms with Crippen molar-refractivity contribution in [3.63, 3.8) is 0 Å². The highest BCUT2D eigenvalue weighted by Crippen LogP contribution is 2.23. The third-order valence-electron chi connectivity index (χ3n) is 4.44. The lowest BCUT2D eigenvalue weighted by atomic mass is 10.2. The third kappa shape index (κ3) is 2.90. The number of nitrogens with zero attached hydrogens (tertiary/aromatic N) is 7. The molecular weight excluding hydrogens is 318 g/mol. The zero-order valence-corrected chi connectivity index (χ0v) is 14.0. The minimum absolute atomic E-state index is 0.0650. The summed E-state index contributed by atoms with van der Waals surface area (Å²) in [4.78, 5) is 29.1. The second kappa shape index (κ2) is 6.46. The molecule has 0 unspecified atom stereocenters. The SMILES string of the molecule is CCn1nc(N2CCN(c3ncnc4ncccc34)CC2)ccc1=O. The van der Waals surface area contributed by atoms with E-state index in [1.165, 1.54) is 4.68 Å². The molecule has 0 N–H and O–H groups in total. The number of fused-ring (bicyclic) bond motifs is 1. The molecule has 1 fully saturated rings. The molecule has 0 radical (unpaired) electrons. The molecule has 0 aromatic carbocycles. The van der Waals surface area contributed by atoms with Crippen LogP contribution in [0.25, 0.3) is 11.0 Å². The van der Waals surface area contributed by atoms with Crippen LogP contribution in [0.15, 0.2) is 41.6 Å². The summed E-state index contributed by atoms with van der Waals surface area (Å²) in [7, 11) is 0. The van der Waals surface area contributed by atoms with Crippen molar-refractivity contribution in [2.75, 3.05) is 36.0 Å². The molecular formula is C17H19N7O. The number of rotatable bonds is 3. The van der Waals surface area contributed by atoms with Gasteiger partial charge in [-0.25, -0.2) is 19.6 Å². The Labute approximate surface area is 144 Å². The van der Waals surface area contributed by atoms with Crippen LogP contribution < -0.4 is 15.4 Å². The average Bonchev–Trinajstić information content (AvgIpc) is 2.68. The van der Waals surface area contributed by atoms with Gasteiger partial charge in [0.05, 0.1) is 5.39 Å². The van der Waals surface area contributed by atoms with E-state index in [1.54, 1.807) is 24.7 Å². The molecule has 128 valence electrons. The summed E-state index contributed by atoms with van der Waals surface area (Å²) in [5, 5.41) is 5.41. The summed E-state index contributed by atoms with van der Waals surface area (Å²) in [6.07, 6.45) is 3.31. The highest BCUT2D eigenvalue weighted by molar-refractivity contribution is 5.86. The summed E-state index contributed by atoms with van der Waals surface area (Å²) in [6.45, 7) is 5.79. The van der Waals surface area contributed by atoms with Gasteiger partial charge in [-0.05, 0) is 25.1 Å². The van der Waals surface area contributed by atoms with Crippen molar-refractivity contribution in [3.8, 4) is 0 Å². The molecule has 3 aromatic heterocycles. The fraction of sp³-hybridized carbons (Fsp3) is 0.353. The molecule has 1 saturated heterocycles. The number of piperazine rings is 1. The summed E-state index contributed by atoms with van der Waals surface area (Å²) in [5.74, 6) is 1.76. The third-order valence-corrected chi connectivity index (χ3v) is 4.44. The Bertz CT molecular complexity index is 942. The number of hydrogen-bond acceptors (Lipinski definition) is 7. The van der Waals surface area contributed by atoms with E-state index in [-0.39, 0.29) is 5.56 Å². The predicted octanol–water partition coefficient (Wildman–Crippen LogP) is 0.928. The van der Waals surface area contributed by atoms with E-state index < -0.39 is 0 Å². The van der Waals surface area contributed by atoms with E-state index in [0.29, 0.717) is 12.2 Å². The van der Waals surface area contributed by atoms with Crippen molar-refractivity contribution >= 4 is 22.7 Å². The maximum Gasteiger partial charge on any atom is 0.266 e. The molecule has 0 saturated carbocycles. The average molecular weight is 337 g/mol. The van der Waals surface area contributed by atoms with Gasteiger partial charge < -0.3 is 9.80 Å². The van der Waals surface area contributed by atoms with Crippen molar-refractivity contribution in [1.29, 1.82) is 0 Å². The second-order valence-corrected chi connectivity index (χ2v) is 5.89. The summed E-state index contributed by atoms with van der Waals surface area (Å²) in [5.41, 5.74) is 0.649. The number of pyridine rings is 1. The van der Waals surface area contributed by atoms with Crippen molar-refractivity contribution in [1.82, 2.24) is 24.7 Å². The van der Waals surface area contributed by atoms with E-state index in [4.69, 9.17) is 0 Å². The second-order valence-electron chi connectivity index (χ2n) is 5.89. The van der Waals surface area contributed by atoms with Crippen LogP contribution >= 0.6 is 0 Å². The summed E-state index contributed by atoms with van der Waals surface area (Å²) >= 11 is 0. The van der Waals surface area contributed by atoms with E-state index >= 15 is 0 Å². The van der Waals surface area contributed by atoms with Crippen molar-refractivity contribution in [2.45, 2.75) is 13.5 Å². The normalized spacial score (nSPS) is 14.9. The molecule has 4 heterocycles. The molecule has 0 atom stereocenters. The smallest absolute Gasteiger partial charge is 0.266 e. The van der Waals surface area contributed by atoms with Gasteiger partial charge in [-0.2, -0.15) is 5.10 Å². The Kier molecular flexibility index (Phi) is 4.01. The Morgan fingerprint density at radius 2 is 1.80 bits per heavy atom. The maximum atomic E-state index is 11.7. The molecule has 0 spiro atoms. The van der Waals surface area contributed by atoms with Gasteiger partial charge in [0.15, 0.2) is 5.65 Å². The zero-order chi connectivity index (χ0) is 17.2. The highest BCUT2D eigenvalue weighted by Gasteiger charge is 2.21. The van der Waals surface area contributed by atoms with Crippen LogP contribution in [-0.2, 0) is 6.54 Å². The predicted molar refractivity (Wildman–Crippen MR) is 95.9 cm³/mol. The fourth-order valence-electron chi connectivity index (χ4n) is 3.11. The maximum absolute atomic E-state index is 11.7. The molecule has 1 aliphatic heterocycles. The largest absolute Gasteiger partial charge is 0.352 e. The Morgan fingerprint density at radius 3 is 2.60 bits per heavy atom. The van der Waals surface area contributed by atoms with Crippen molar-refractivity contribution in [2.24, 2.45) is 0 Å². The molecule has 8 nitrogen and oxygen atoms in total. The Morgan fingerprint density at radius 1 is 1.00 bits per heavy atom. The molecule has 0 aliphatic carbocycles. The van der Waals surface area contributed by atoms with Crippen LogP contribution in [0.2, 0.25) is 0 Å². The van der Waals surface area contributed by atoms with Crippen LogP contribution in [0.4, 0.5) is 11.6 Å². The van der Waals surface area contributed by atoms with Crippen molar-refractivity contribution in [3.05, 3.63) is 47.1 Å². The fourth-order valence-corrected chi connectivity index (χ4v) is 3.11. The minimum Gasteiger partial charge on any atom is -0.352 e. The van der Waals surface area contributed by atoms with Gasteiger partial charge in [0, 0.05) is 45.0 Å². The minimum atomic E-state index is -0.0650. The van der Waals surface area contributed by atoms with Crippen LogP contribution in [0, 0.1) is 0 Å². The Hall–Kier alpha value is -3.03. The number of hydrogen-bond donors (Lipinski definition) is 0. The molecule has 0 bridgehead atoms. The zero-order valence-electron chi connectivity index (χ0n) is 14.0. The van der Waals surface area contributed by atoms with Gasteiger partial charge in [-0.15, -0.1) is 0 Å². The van der Waals surface area contributed by atoms with Crippen LogP contribution in [-0.4, -0.2) is 50.9 Å². The first-order valence-corrected chi connectivity index (χ1v) is 8.40. The summed E-state index contributed by atoms with van der Waals surface area (Å²) in [6, 6.07) is 7.29. The number of anilines is 2. The van der Waals surface area contributed by atoms with Gasteiger partial charge >= 0.3 is 0 Å². The molecule has 3 aromatic rings. The lowest BCUT2D eigenvalue weighted by Crippen LogP contribution is -2.47. The standard InChI is InChI=1S/C17H19N7O/c1-2-24-15(25)6-5-14(21-24)22-8-10-23(11-9-22)17-13-4-3-7-18-16(13)19-12-20-17/h3-7,12H,2,8-11H2,1H3. The van der Waals surface area contributed by atoms with Gasteiger partial charge in [0.1, 0.15) is 18.0 Å². The van der Waals surface area contributed by atoms with Crippen LogP contribution in [0.3, 0.4) is 0 Å². The van der Waals surface area contributed by atoms with E-state index in [9.17, 15) is 4.79 Å². The quantitative estimate of drug-likeness (QED) is 0.703. The number of aromatic nitrogens is 5. The van der Waals surface area contributed by atoms with E-state index in [0.717, 1.165) is 43.2 Å². The molecule has 4 rings (SSSR count). The molecule has 25 heavy (non-hydrogen) atoms. The molecule has 1 aliphatic rings. The van der Waals surface area contributed by atoms with Gasteiger partial charge in [-0.1, -0.05) is 0 Å². The van der Waals surface area contributed by atoms with Crippen LogP contribution in [0.1, 0.15) is 6.92 Å². The lowest BCUT2D eigenvalue weighted by molar-refractivity contribution is 0.588. The first-order chi connectivity index (χ1) is 12.3. The highest BCUT2D eigenvalue weighted by atomic mass is 16.1. The molecule has 8 heteroatoms. The van der Waals surface area contributed by atoms with Gasteiger partial charge in [0.2, 0.25) is 0 Å². The van der Waals surface area contributed by atoms with Crippen molar-refractivity contribution < 1.29 is 0 Å². The van der Waals surface area contributed by atoms with E-state index in [1.807, 2.05) is 19.1 Å². The molecule has 0 amide bonds. The summed E-state index contributed by atoms with van der Waals surface area (Å²) < 4.78 is 1.49. The van der Waals surface area contributed by atoms with E-state index in [2.05, 4.69) is 29.9 Å².